The number of rotatable bonds is 5. The molecule has 2 heterocycles. The Bertz CT molecular complexity index is 827. The van der Waals surface area contributed by atoms with Crippen LogP contribution in [0.15, 0.2) is 24.3 Å². The highest BCUT2D eigenvalue weighted by Gasteiger charge is 2.48. The largest absolute Gasteiger partial charge is 0.480 e. The van der Waals surface area contributed by atoms with Gasteiger partial charge in [0.25, 0.3) is 0 Å². The van der Waals surface area contributed by atoms with Gasteiger partial charge in [-0.15, -0.1) is 0 Å². The van der Waals surface area contributed by atoms with Gasteiger partial charge in [-0.05, 0) is 31.7 Å². The molecule has 1 saturated heterocycles. The zero-order valence-electron chi connectivity index (χ0n) is 14.2. The molecule has 2 unspecified atom stereocenters. The molecule has 0 spiro atoms. The Kier molecular flexibility index (Phi) is 3.95. The highest BCUT2D eigenvalue weighted by Crippen LogP contribution is 2.37. The van der Waals surface area contributed by atoms with Crippen molar-refractivity contribution in [2.75, 3.05) is 0 Å². The smallest absolute Gasteiger partial charge is 0.320 e. The Morgan fingerprint density at radius 2 is 1.92 bits per heavy atom. The zero-order chi connectivity index (χ0) is 17.6. The number of benzene rings is 1. The van der Waals surface area contributed by atoms with Crippen molar-refractivity contribution in [2.24, 2.45) is 7.05 Å². The summed E-state index contributed by atoms with van der Waals surface area (Å²) in [5.74, 6) is -0.914. The minimum atomic E-state index is -0.821. The van der Waals surface area contributed by atoms with Crippen molar-refractivity contribution in [1.82, 2.24) is 20.0 Å². The van der Waals surface area contributed by atoms with Gasteiger partial charge in [0.15, 0.2) is 0 Å². The van der Waals surface area contributed by atoms with E-state index in [0.29, 0.717) is 19.4 Å². The lowest BCUT2D eigenvalue weighted by molar-refractivity contribution is -0.143. The van der Waals surface area contributed by atoms with Crippen LogP contribution in [0.4, 0.5) is 0 Å². The maximum Gasteiger partial charge on any atom is 0.320 e. The minimum absolute atomic E-state index is 0.0922. The molecule has 7 heteroatoms. The molecule has 2 aromatic rings. The number of fused-ring (bicyclic) bond motifs is 1. The SMILES string of the molecule is Cn1nc(CNC(=O)C2CCC(C(=O)O)N2C2CC2)c2ccccc21. The van der Waals surface area contributed by atoms with Gasteiger partial charge in [0.1, 0.15) is 6.04 Å². The van der Waals surface area contributed by atoms with Gasteiger partial charge in [0.2, 0.25) is 5.91 Å². The van der Waals surface area contributed by atoms with Gasteiger partial charge in [-0.2, -0.15) is 5.10 Å². The summed E-state index contributed by atoms with van der Waals surface area (Å²) in [6, 6.07) is 7.29. The minimum Gasteiger partial charge on any atom is -0.480 e. The Labute approximate surface area is 145 Å². The number of carboxylic acids is 1. The fourth-order valence-electron chi connectivity index (χ4n) is 3.94. The number of nitrogens with one attached hydrogen (secondary N) is 1. The second kappa shape index (κ2) is 6.15. The lowest BCUT2D eigenvalue weighted by atomic mass is 10.1. The first-order valence-electron chi connectivity index (χ1n) is 8.75. The summed E-state index contributed by atoms with van der Waals surface area (Å²) in [5.41, 5.74) is 1.86. The molecule has 0 radical (unpaired) electrons. The second-order valence-corrected chi connectivity index (χ2v) is 6.93. The van der Waals surface area contributed by atoms with Gasteiger partial charge in [0.05, 0.1) is 23.8 Å². The van der Waals surface area contributed by atoms with Crippen molar-refractivity contribution in [3.05, 3.63) is 30.0 Å². The van der Waals surface area contributed by atoms with Gasteiger partial charge < -0.3 is 10.4 Å². The number of nitrogens with zero attached hydrogens (tertiary/aromatic N) is 3. The quantitative estimate of drug-likeness (QED) is 0.854. The molecule has 1 aliphatic carbocycles. The summed E-state index contributed by atoms with van der Waals surface area (Å²) < 4.78 is 1.81. The summed E-state index contributed by atoms with van der Waals surface area (Å²) >= 11 is 0. The Morgan fingerprint density at radius 1 is 1.20 bits per heavy atom. The number of aliphatic carboxylic acids is 1. The maximum atomic E-state index is 12.7. The number of para-hydroxylation sites is 1. The van der Waals surface area contributed by atoms with Crippen LogP contribution in [-0.2, 0) is 23.2 Å². The molecule has 1 amide bonds. The van der Waals surface area contributed by atoms with Gasteiger partial charge in [-0.3, -0.25) is 19.2 Å². The summed E-state index contributed by atoms with van der Waals surface area (Å²) in [6.45, 7) is 0.354. The van der Waals surface area contributed by atoms with Crippen LogP contribution in [0, 0.1) is 0 Å². The number of aryl methyl sites for hydroxylation is 1. The topological polar surface area (TPSA) is 87.5 Å². The fourth-order valence-corrected chi connectivity index (χ4v) is 3.94. The normalized spacial score (nSPS) is 23.9. The maximum absolute atomic E-state index is 12.7. The summed E-state index contributed by atoms with van der Waals surface area (Å²) in [5, 5.41) is 17.9. The molecule has 2 aliphatic rings. The third-order valence-electron chi connectivity index (χ3n) is 5.25. The van der Waals surface area contributed by atoms with Gasteiger partial charge in [0, 0.05) is 18.5 Å². The average Bonchev–Trinajstić information content (AvgIpc) is 3.26. The molecule has 0 bridgehead atoms. The third-order valence-corrected chi connectivity index (χ3v) is 5.25. The predicted molar refractivity (Wildman–Crippen MR) is 91.9 cm³/mol. The molecule has 2 atom stereocenters. The molecule has 25 heavy (non-hydrogen) atoms. The predicted octanol–water partition coefficient (Wildman–Crippen LogP) is 1.27. The van der Waals surface area contributed by atoms with Crippen molar-refractivity contribution < 1.29 is 14.7 Å². The number of carboxylic acid groups (broad SMARTS) is 1. The van der Waals surface area contributed by atoms with Crippen LogP contribution in [0.25, 0.3) is 10.9 Å². The second-order valence-electron chi connectivity index (χ2n) is 6.93. The summed E-state index contributed by atoms with van der Waals surface area (Å²) in [7, 11) is 1.89. The van der Waals surface area contributed by atoms with E-state index in [9.17, 15) is 14.7 Å². The summed E-state index contributed by atoms with van der Waals surface area (Å²) in [6.07, 6.45) is 3.11. The van der Waals surface area contributed by atoms with Crippen molar-refractivity contribution in [3.63, 3.8) is 0 Å². The molecule has 132 valence electrons. The third kappa shape index (κ3) is 2.89. The number of hydrogen-bond donors (Lipinski definition) is 2. The average molecular weight is 342 g/mol. The Hall–Kier alpha value is -2.41. The fraction of sp³-hybridized carbons (Fsp3) is 0.500. The van der Waals surface area contributed by atoms with Crippen LogP contribution < -0.4 is 5.32 Å². The van der Waals surface area contributed by atoms with E-state index >= 15 is 0 Å². The first kappa shape index (κ1) is 16.1. The molecule has 1 aromatic carbocycles. The molecule has 1 aromatic heterocycles. The van der Waals surface area contributed by atoms with Gasteiger partial charge >= 0.3 is 5.97 Å². The van der Waals surface area contributed by atoms with Crippen LogP contribution >= 0.6 is 0 Å². The molecule has 1 aliphatic heterocycles. The highest BCUT2D eigenvalue weighted by atomic mass is 16.4. The number of carbonyl (C=O) groups excluding carboxylic acids is 1. The molecular weight excluding hydrogens is 320 g/mol. The standard InChI is InChI=1S/C18H22N4O3/c1-21-14-5-3-2-4-12(14)13(20-21)10-19-17(23)15-8-9-16(18(24)25)22(15)11-6-7-11/h2-5,11,15-16H,6-10H2,1H3,(H,19,23)(H,24,25). The lowest BCUT2D eigenvalue weighted by Gasteiger charge is -2.27. The van der Waals surface area contributed by atoms with E-state index in [-0.39, 0.29) is 18.0 Å². The number of hydrogen-bond acceptors (Lipinski definition) is 4. The first-order chi connectivity index (χ1) is 12.1. The van der Waals surface area contributed by atoms with E-state index in [0.717, 1.165) is 29.4 Å². The molecule has 4 rings (SSSR count). The number of carbonyl (C=O) groups is 2. The lowest BCUT2D eigenvalue weighted by Crippen LogP contribution is -2.49. The van der Waals surface area contributed by atoms with Crippen LogP contribution in [0.1, 0.15) is 31.4 Å². The van der Waals surface area contributed by atoms with Crippen LogP contribution in [0.2, 0.25) is 0 Å². The van der Waals surface area contributed by atoms with E-state index in [2.05, 4.69) is 10.4 Å². The van der Waals surface area contributed by atoms with Crippen molar-refractivity contribution >= 4 is 22.8 Å². The monoisotopic (exact) mass is 342 g/mol. The van der Waals surface area contributed by atoms with E-state index in [1.807, 2.05) is 40.9 Å². The zero-order valence-corrected chi connectivity index (χ0v) is 14.2. The Morgan fingerprint density at radius 3 is 2.64 bits per heavy atom. The van der Waals surface area contributed by atoms with Crippen molar-refractivity contribution in [1.29, 1.82) is 0 Å². The van der Waals surface area contributed by atoms with Crippen LogP contribution in [0.3, 0.4) is 0 Å². The van der Waals surface area contributed by atoms with Crippen molar-refractivity contribution in [3.8, 4) is 0 Å². The van der Waals surface area contributed by atoms with E-state index < -0.39 is 12.0 Å². The van der Waals surface area contributed by atoms with E-state index in [1.165, 1.54) is 0 Å². The molecule has 1 saturated carbocycles. The number of likely N-dealkylation sites (tertiary alicyclic amines) is 1. The van der Waals surface area contributed by atoms with Crippen LogP contribution in [-0.4, -0.2) is 49.8 Å². The summed E-state index contributed by atoms with van der Waals surface area (Å²) in [4.78, 5) is 26.1. The highest BCUT2D eigenvalue weighted by molar-refractivity contribution is 5.86. The molecule has 2 N–H and O–H groups in total. The molecular formula is C18H22N4O3. The number of aromatic nitrogens is 2. The van der Waals surface area contributed by atoms with Crippen LogP contribution in [0.5, 0.6) is 0 Å². The Balaban J connectivity index is 1.47. The first-order valence-corrected chi connectivity index (χ1v) is 8.75. The number of amides is 1. The molecule has 7 nitrogen and oxygen atoms in total. The molecule has 2 fully saturated rings. The van der Waals surface area contributed by atoms with Gasteiger partial charge in [-0.25, -0.2) is 0 Å². The van der Waals surface area contributed by atoms with Crippen molar-refractivity contribution in [2.45, 2.75) is 50.4 Å². The van der Waals surface area contributed by atoms with Gasteiger partial charge in [-0.1, -0.05) is 18.2 Å². The van der Waals surface area contributed by atoms with E-state index in [1.54, 1.807) is 0 Å². The van der Waals surface area contributed by atoms with E-state index in [4.69, 9.17) is 0 Å².